The second-order valence-corrected chi connectivity index (χ2v) is 9.04. The van der Waals surface area contributed by atoms with E-state index in [4.69, 9.17) is 4.74 Å². The summed E-state index contributed by atoms with van der Waals surface area (Å²) in [6, 6.07) is 19.0. The summed E-state index contributed by atoms with van der Waals surface area (Å²) in [6.45, 7) is 0. The first-order chi connectivity index (χ1) is 20.0. The van der Waals surface area contributed by atoms with Crippen molar-refractivity contribution in [3.8, 4) is 28.4 Å². The van der Waals surface area contributed by atoms with Crippen LogP contribution in [0.5, 0.6) is 11.6 Å². The maximum Gasteiger partial charge on any atom is 0.416 e. The standard InChI is InChI=1S/C30H20F3N3O6/c1-42-29(41)18-7-3-8-20(14-18)36-24-15-19(30(31,32)33)11-12-22(24)25(27(36)38)35-34-23-10-4-9-21(26(23)37)16-5-2-6-17(13-16)28(39)40/h2-15,37-38H,1H3,(H,39,40). The molecule has 0 saturated carbocycles. The number of carbonyl (C=O) groups excluding carboxylic acids is 1. The molecule has 0 saturated heterocycles. The second kappa shape index (κ2) is 10.7. The van der Waals surface area contributed by atoms with Crippen LogP contribution in [0.15, 0.2) is 95.2 Å². The smallest absolute Gasteiger partial charge is 0.416 e. The SMILES string of the molecule is COC(=O)c1cccc(-n2c(O)c(N=Nc3cccc(-c4cccc(C(=O)O)c4)c3O)c3ccc(C(F)(F)F)cc32)c1. The molecule has 9 nitrogen and oxygen atoms in total. The highest BCUT2D eigenvalue weighted by Gasteiger charge is 2.32. The van der Waals surface area contributed by atoms with Gasteiger partial charge in [-0.2, -0.15) is 13.2 Å². The Hall–Kier alpha value is -5.65. The lowest BCUT2D eigenvalue weighted by molar-refractivity contribution is -0.137. The maximum absolute atomic E-state index is 13.6. The molecule has 3 N–H and O–H groups in total. The number of phenols is 1. The van der Waals surface area contributed by atoms with Crippen LogP contribution in [0.1, 0.15) is 26.3 Å². The van der Waals surface area contributed by atoms with Gasteiger partial charge in [0, 0.05) is 16.6 Å². The second-order valence-electron chi connectivity index (χ2n) is 9.04. The Bertz CT molecular complexity index is 1900. The van der Waals surface area contributed by atoms with Gasteiger partial charge < -0.3 is 20.1 Å². The first-order valence-corrected chi connectivity index (χ1v) is 12.2. The molecule has 5 rings (SSSR count). The van der Waals surface area contributed by atoms with Crippen LogP contribution < -0.4 is 0 Å². The fourth-order valence-corrected chi connectivity index (χ4v) is 4.45. The molecule has 0 aliphatic heterocycles. The van der Waals surface area contributed by atoms with Crippen LogP contribution in [0.4, 0.5) is 24.5 Å². The third kappa shape index (κ3) is 5.12. The fourth-order valence-electron chi connectivity index (χ4n) is 4.45. The molecule has 0 spiro atoms. The highest BCUT2D eigenvalue weighted by Crippen LogP contribution is 2.45. The van der Waals surface area contributed by atoms with Gasteiger partial charge in [0.15, 0.2) is 11.4 Å². The van der Waals surface area contributed by atoms with Crippen molar-refractivity contribution in [2.75, 3.05) is 7.11 Å². The molecule has 0 bridgehead atoms. The summed E-state index contributed by atoms with van der Waals surface area (Å²) in [5, 5.41) is 39.7. The number of carboxylic acid groups (broad SMARTS) is 1. The molecule has 1 heterocycles. The zero-order valence-electron chi connectivity index (χ0n) is 21.6. The number of aromatic hydroxyl groups is 2. The van der Waals surface area contributed by atoms with E-state index in [2.05, 4.69) is 10.2 Å². The van der Waals surface area contributed by atoms with Gasteiger partial charge in [-0.3, -0.25) is 4.57 Å². The Balaban J connectivity index is 1.66. The molecule has 0 fully saturated rings. The number of alkyl halides is 3. The van der Waals surface area contributed by atoms with Crippen LogP contribution in [0.2, 0.25) is 0 Å². The van der Waals surface area contributed by atoms with Gasteiger partial charge >= 0.3 is 18.1 Å². The van der Waals surface area contributed by atoms with Crippen LogP contribution in [0, 0.1) is 0 Å². The number of aromatic nitrogens is 1. The summed E-state index contributed by atoms with van der Waals surface area (Å²) in [5.74, 6) is -2.74. The Morgan fingerprint density at radius 3 is 2.29 bits per heavy atom. The average Bonchev–Trinajstić information content (AvgIpc) is 3.26. The zero-order chi connectivity index (χ0) is 30.2. The van der Waals surface area contributed by atoms with Crippen molar-refractivity contribution < 1.29 is 42.8 Å². The lowest BCUT2D eigenvalue weighted by Gasteiger charge is -2.10. The van der Waals surface area contributed by atoms with E-state index in [1.54, 1.807) is 18.2 Å². The number of phenolic OH excluding ortho intramolecular Hbond substituents is 1. The molecule has 4 aromatic carbocycles. The number of esters is 1. The summed E-state index contributed by atoms with van der Waals surface area (Å²) in [6.07, 6.45) is -4.68. The summed E-state index contributed by atoms with van der Waals surface area (Å²) in [7, 11) is 1.18. The molecule has 0 aliphatic rings. The van der Waals surface area contributed by atoms with Crippen molar-refractivity contribution in [2.45, 2.75) is 6.18 Å². The number of azo groups is 1. The number of para-hydroxylation sites is 1. The number of methoxy groups -OCH3 is 1. The molecular weight excluding hydrogens is 555 g/mol. The lowest BCUT2D eigenvalue weighted by Crippen LogP contribution is -2.05. The average molecular weight is 575 g/mol. The molecule has 0 radical (unpaired) electrons. The lowest BCUT2D eigenvalue weighted by atomic mass is 10.0. The van der Waals surface area contributed by atoms with Crippen LogP contribution in [-0.4, -0.2) is 38.9 Å². The van der Waals surface area contributed by atoms with Gasteiger partial charge in [0.1, 0.15) is 5.69 Å². The van der Waals surface area contributed by atoms with E-state index in [0.717, 1.165) is 22.8 Å². The Morgan fingerprint density at radius 2 is 1.57 bits per heavy atom. The third-order valence-corrected chi connectivity index (χ3v) is 6.46. The van der Waals surface area contributed by atoms with E-state index >= 15 is 0 Å². The summed E-state index contributed by atoms with van der Waals surface area (Å²) in [5.41, 5.74) is -0.370. The van der Waals surface area contributed by atoms with E-state index in [1.165, 1.54) is 55.6 Å². The minimum atomic E-state index is -4.68. The number of hydrogen-bond acceptors (Lipinski definition) is 7. The molecule has 12 heteroatoms. The minimum absolute atomic E-state index is 0.00570. The summed E-state index contributed by atoms with van der Waals surface area (Å²) in [4.78, 5) is 23.5. The van der Waals surface area contributed by atoms with Crippen molar-refractivity contribution in [1.82, 2.24) is 4.57 Å². The molecular formula is C30H20F3N3O6. The molecule has 1 aromatic heterocycles. The first kappa shape index (κ1) is 27.9. The van der Waals surface area contributed by atoms with Crippen LogP contribution in [0.25, 0.3) is 27.7 Å². The number of halogens is 3. The third-order valence-electron chi connectivity index (χ3n) is 6.46. The van der Waals surface area contributed by atoms with Crippen LogP contribution in [0.3, 0.4) is 0 Å². The number of ether oxygens (including phenoxy) is 1. The maximum atomic E-state index is 13.6. The van der Waals surface area contributed by atoms with Gasteiger partial charge in [-0.05, 0) is 60.2 Å². The number of rotatable bonds is 6. The molecule has 212 valence electrons. The normalized spacial score (nSPS) is 11.7. The van der Waals surface area contributed by atoms with Crippen molar-refractivity contribution in [2.24, 2.45) is 10.2 Å². The molecule has 0 unspecified atom stereocenters. The van der Waals surface area contributed by atoms with Gasteiger partial charge in [0.25, 0.3) is 0 Å². The largest absolute Gasteiger partial charge is 0.505 e. The number of hydrogen-bond donors (Lipinski definition) is 3. The molecule has 5 aromatic rings. The molecule has 0 atom stereocenters. The van der Waals surface area contributed by atoms with E-state index in [1.807, 2.05) is 0 Å². The number of aromatic carboxylic acids is 1. The Morgan fingerprint density at radius 1 is 0.857 bits per heavy atom. The van der Waals surface area contributed by atoms with Crippen LogP contribution >= 0.6 is 0 Å². The molecule has 0 aliphatic carbocycles. The Kier molecular flexibility index (Phi) is 7.13. The van der Waals surface area contributed by atoms with Crippen molar-refractivity contribution >= 4 is 34.2 Å². The highest BCUT2D eigenvalue weighted by atomic mass is 19.4. The van der Waals surface area contributed by atoms with E-state index in [9.17, 15) is 38.1 Å². The van der Waals surface area contributed by atoms with Gasteiger partial charge in [0.05, 0.1) is 29.3 Å². The van der Waals surface area contributed by atoms with Gasteiger partial charge in [0.2, 0.25) is 5.88 Å². The predicted molar refractivity (Wildman–Crippen MR) is 146 cm³/mol. The van der Waals surface area contributed by atoms with Gasteiger partial charge in [-0.25, -0.2) is 9.59 Å². The summed E-state index contributed by atoms with van der Waals surface area (Å²) >= 11 is 0. The minimum Gasteiger partial charge on any atom is -0.505 e. The molecule has 0 amide bonds. The van der Waals surface area contributed by atoms with Crippen molar-refractivity contribution in [3.05, 3.63) is 102 Å². The van der Waals surface area contributed by atoms with E-state index in [0.29, 0.717) is 5.56 Å². The van der Waals surface area contributed by atoms with Crippen molar-refractivity contribution in [3.63, 3.8) is 0 Å². The van der Waals surface area contributed by atoms with Gasteiger partial charge in [-0.15, -0.1) is 10.2 Å². The monoisotopic (exact) mass is 575 g/mol. The van der Waals surface area contributed by atoms with E-state index in [-0.39, 0.29) is 50.4 Å². The number of fused-ring (bicyclic) bond motifs is 1. The highest BCUT2D eigenvalue weighted by molar-refractivity contribution is 5.97. The van der Waals surface area contributed by atoms with Gasteiger partial charge in [-0.1, -0.05) is 30.3 Å². The quantitative estimate of drug-likeness (QED) is 0.141. The number of benzene rings is 4. The van der Waals surface area contributed by atoms with Crippen molar-refractivity contribution in [1.29, 1.82) is 0 Å². The number of carbonyl (C=O) groups is 2. The topological polar surface area (TPSA) is 134 Å². The number of nitrogens with zero attached hydrogens (tertiary/aromatic N) is 3. The van der Waals surface area contributed by atoms with E-state index < -0.39 is 29.6 Å². The molecule has 42 heavy (non-hydrogen) atoms. The predicted octanol–water partition coefficient (Wildman–Crippen LogP) is 7.63. The first-order valence-electron chi connectivity index (χ1n) is 12.2. The Labute approximate surface area is 235 Å². The zero-order valence-corrected chi connectivity index (χ0v) is 21.6. The summed E-state index contributed by atoms with van der Waals surface area (Å²) < 4.78 is 46.6. The number of carboxylic acids is 1. The van der Waals surface area contributed by atoms with Crippen LogP contribution in [-0.2, 0) is 10.9 Å². The fraction of sp³-hybridized carbons (Fsp3) is 0.0667.